The Labute approximate surface area is 206 Å². The molecule has 1 saturated heterocycles. The van der Waals surface area contributed by atoms with E-state index in [4.69, 9.17) is 9.47 Å². The highest BCUT2D eigenvalue weighted by molar-refractivity contribution is 7.88. The van der Waals surface area contributed by atoms with Gasteiger partial charge in [0.25, 0.3) is 0 Å². The third kappa shape index (κ3) is 3.22. The van der Waals surface area contributed by atoms with Crippen molar-refractivity contribution in [3.05, 3.63) is 64.7 Å². The summed E-state index contributed by atoms with van der Waals surface area (Å²) in [5.41, 5.74) is 2.76. The number of esters is 1. The lowest BCUT2D eigenvalue weighted by molar-refractivity contribution is -0.215. The summed E-state index contributed by atoms with van der Waals surface area (Å²) in [4.78, 5) is 14.8. The molecule has 2 heterocycles. The molecule has 2 aromatic carbocycles. The van der Waals surface area contributed by atoms with Gasteiger partial charge in [-0.2, -0.15) is 0 Å². The molecule has 4 aliphatic rings. The van der Waals surface area contributed by atoms with Crippen molar-refractivity contribution in [2.45, 2.75) is 74.5 Å². The molecule has 2 aromatic rings. The lowest BCUT2D eigenvalue weighted by atomic mass is 9.48. The molecule has 8 heteroatoms. The molecule has 2 aliphatic carbocycles. The smallest absolute Gasteiger partial charge is 0.303 e. The third-order valence-corrected chi connectivity index (χ3v) is 10.2. The van der Waals surface area contributed by atoms with E-state index in [-0.39, 0.29) is 17.8 Å². The SMILES string of the molecule is CC(=O)O[C@@]12CC[C@H](NS(=O)(=O)Cc3ccccc3C)[C@@H]3Oc4cccc5c4[C@@]31CCN(C)[C@@H]2C5. The van der Waals surface area contributed by atoms with E-state index >= 15 is 0 Å². The van der Waals surface area contributed by atoms with E-state index in [1.807, 2.05) is 43.3 Å². The second-order valence-electron chi connectivity index (χ2n) is 10.7. The molecule has 1 N–H and O–H groups in total. The van der Waals surface area contributed by atoms with E-state index in [0.29, 0.717) is 12.8 Å². The zero-order chi connectivity index (χ0) is 24.6. The number of nitrogens with zero attached hydrogens (tertiary/aromatic N) is 1. The van der Waals surface area contributed by atoms with Crippen LogP contribution in [0.25, 0.3) is 0 Å². The molecule has 5 atom stereocenters. The average Bonchev–Trinajstić information content (AvgIpc) is 3.14. The molecule has 1 saturated carbocycles. The predicted octanol–water partition coefficient (Wildman–Crippen LogP) is 2.84. The average molecular weight is 497 g/mol. The number of aryl methyl sites for hydroxylation is 1. The Morgan fingerprint density at radius 3 is 2.77 bits per heavy atom. The van der Waals surface area contributed by atoms with Gasteiger partial charge in [0.2, 0.25) is 10.0 Å². The van der Waals surface area contributed by atoms with Gasteiger partial charge in [0.15, 0.2) is 0 Å². The van der Waals surface area contributed by atoms with Gasteiger partial charge in [0.1, 0.15) is 17.5 Å². The summed E-state index contributed by atoms with van der Waals surface area (Å²) in [5.74, 6) is 0.432. The Bertz CT molecular complexity index is 1310. The molecule has 0 unspecified atom stereocenters. The summed E-state index contributed by atoms with van der Waals surface area (Å²) in [7, 11) is -1.53. The molecule has 35 heavy (non-hydrogen) atoms. The van der Waals surface area contributed by atoms with Gasteiger partial charge in [-0.15, -0.1) is 0 Å². The summed E-state index contributed by atoms with van der Waals surface area (Å²) in [6.45, 7) is 4.24. The van der Waals surface area contributed by atoms with Crippen LogP contribution >= 0.6 is 0 Å². The third-order valence-electron chi connectivity index (χ3n) is 8.85. The van der Waals surface area contributed by atoms with Crippen LogP contribution < -0.4 is 9.46 Å². The van der Waals surface area contributed by atoms with E-state index in [0.717, 1.165) is 41.8 Å². The first-order valence-corrected chi connectivity index (χ1v) is 14.1. The number of ether oxygens (including phenoxy) is 2. The van der Waals surface area contributed by atoms with Crippen molar-refractivity contribution in [3.63, 3.8) is 0 Å². The fraction of sp³-hybridized carbons (Fsp3) is 0.519. The number of hydrogen-bond donors (Lipinski definition) is 1. The molecular formula is C27H32N2O5S. The molecule has 2 aliphatic heterocycles. The number of benzene rings is 2. The molecule has 7 nitrogen and oxygen atoms in total. The van der Waals surface area contributed by atoms with E-state index in [2.05, 4.69) is 22.7 Å². The number of carbonyl (C=O) groups excluding carboxylic acids is 1. The normalized spacial score (nSPS) is 33.1. The first kappa shape index (κ1) is 23.0. The van der Waals surface area contributed by atoms with E-state index in [1.54, 1.807) is 0 Å². The van der Waals surface area contributed by atoms with Crippen molar-refractivity contribution in [2.75, 3.05) is 13.6 Å². The summed E-state index contributed by atoms with van der Waals surface area (Å²) in [6, 6.07) is 13.3. The maximum atomic E-state index is 13.4. The van der Waals surface area contributed by atoms with Crippen LogP contribution in [0.1, 0.15) is 48.4 Å². The van der Waals surface area contributed by atoms with Gasteiger partial charge in [-0.3, -0.25) is 9.69 Å². The number of hydrogen-bond acceptors (Lipinski definition) is 6. The van der Waals surface area contributed by atoms with Crippen molar-refractivity contribution in [2.24, 2.45) is 0 Å². The second kappa shape index (κ2) is 7.79. The Balaban J connectivity index is 1.42. The van der Waals surface area contributed by atoms with Gasteiger partial charge < -0.3 is 9.47 Å². The van der Waals surface area contributed by atoms with E-state index < -0.39 is 33.2 Å². The zero-order valence-corrected chi connectivity index (χ0v) is 21.2. The number of carbonyl (C=O) groups is 1. The van der Waals surface area contributed by atoms with Gasteiger partial charge in [0.05, 0.1) is 23.3 Å². The maximum Gasteiger partial charge on any atom is 0.303 e. The van der Waals surface area contributed by atoms with Crippen molar-refractivity contribution in [3.8, 4) is 5.75 Å². The van der Waals surface area contributed by atoms with Crippen LogP contribution in [0.3, 0.4) is 0 Å². The highest BCUT2D eigenvalue weighted by atomic mass is 32.2. The molecular weight excluding hydrogens is 464 g/mol. The molecule has 2 fully saturated rings. The number of likely N-dealkylation sites (N-methyl/N-ethyl adjacent to an activating group) is 1. The largest absolute Gasteiger partial charge is 0.487 e. The Morgan fingerprint density at radius 2 is 2.00 bits per heavy atom. The summed E-state index contributed by atoms with van der Waals surface area (Å²) in [5, 5.41) is 0. The molecule has 186 valence electrons. The number of nitrogens with one attached hydrogen (secondary N) is 1. The van der Waals surface area contributed by atoms with Crippen LogP contribution in [-0.4, -0.2) is 56.7 Å². The van der Waals surface area contributed by atoms with Crippen molar-refractivity contribution in [1.29, 1.82) is 0 Å². The fourth-order valence-electron chi connectivity index (χ4n) is 7.53. The monoisotopic (exact) mass is 496 g/mol. The topological polar surface area (TPSA) is 84.9 Å². The maximum absolute atomic E-state index is 13.4. The Hall–Kier alpha value is -2.42. The van der Waals surface area contributed by atoms with Crippen LogP contribution in [-0.2, 0) is 37.1 Å². The van der Waals surface area contributed by atoms with Crippen molar-refractivity contribution in [1.82, 2.24) is 9.62 Å². The lowest BCUT2D eigenvalue weighted by Gasteiger charge is -2.64. The number of rotatable bonds is 5. The van der Waals surface area contributed by atoms with Crippen LogP contribution in [0.4, 0.5) is 0 Å². The zero-order valence-electron chi connectivity index (χ0n) is 20.4. The quantitative estimate of drug-likeness (QED) is 0.641. The highest BCUT2D eigenvalue weighted by Crippen LogP contribution is 2.65. The fourth-order valence-corrected chi connectivity index (χ4v) is 9.05. The van der Waals surface area contributed by atoms with Gasteiger partial charge in [-0.05, 0) is 69.0 Å². The summed E-state index contributed by atoms with van der Waals surface area (Å²) >= 11 is 0. The minimum atomic E-state index is -3.62. The van der Waals surface area contributed by atoms with Gasteiger partial charge >= 0.3 is 5.97 Å². The van der Waals surface area contributed by atoms with Gasteiger partial charge in [-0.25, -0.2) is 13.1 Å². The van der Waals surface area contributed by atoms with Crippen molar-refractivity contribution >= 4 is 16.0 Å². The van der Waals surface area contributed by atoms with Crippen LogP contribution in [0.15, 0.2) is 42.5 Å². The Kier molecular flexibility index (Phi) is 5.12. The predicted molar refractivity (Wildman–Crippen MR) is 132 cm³/mol. The molecule has 0 aromatic heterocycles. The minimum Gasteiger partial charge on any atom is -0.487 e. The molecule has 0 radical (unpaired) electrons. The highest BCUT2D eigenvalue weighted by Gasteiger charge is 2.74. The molecule has 0 amide bonds. The minimum absolute atomic E-state index is 0.0247. The van der Waals surface area contributed by atoms with E-state index in [9.17, 15) is 13.2 Å². The van der Waals surface area contributed by atoms with Gasteiger partial charge in [-0.1, -0.05) is 36.4 Å². The van der Waals surface area contributed by atoms with E-state index in [1.165, 1.54) is 12.5 Å². The van der Waals surface area contributed by atoms with Crippen LogP contribution in [0.5, 0.6) is 5.75 Å². The van der Waals surface area contributed by atoms with Crippen LogP contribution in [0.2, 0.25) is 0 Å². The first-order valence-electron chi connectivity index (χ1n) is 12.4. The number of piperidine rings is 1. The molecule has 2 bridgehead atoms. The summed E-state index contributed by atoms with van der Waals surface area (Å²) < 4.78 is 42.7. The second-order valence-corrected chi connectivity index (χ2v) is 12.4. The number of likely N-dealkylation sites (tertiary alicyclic amines) is 1. The van der Waals surface area contributed by atoms with Crippen LogP contribution in [0, 0.1) is 6.92 Å². The standard InChI is InChI=1S/C27H32N2O5S/c1-17-7-4-5-8-20(17)16-35(31,32)28-21-11-12-27(34-18(2)30)23-15-19-9-6-10-22-24(19)26(27,25(21)33-22)13-14-29(23)3/h4-10,21,23,25,28H,11-16H2,1-3H3/t21-,23+,25-,26-,27+/m0/s1. The number of sulfonamides is 1. The first-order chi connectivity index (χ1) is 16.7. The summed E-state index contributed by atoms with van der Waals surface area (Å²) in [6.07, 6.45) is 2.23. The lowest BCUT2D eigenvalue weighted by Crippen LogP contribution is -2.78. The Morgan fingerprint density at radius 1 is 1.20 bits per heavy atom. The molecule has 1 spiro atoms. The van der Waals surface area contributed by atoms with Crippen molar-refractivity contribution < 1.29 is 22.7 Å². The van der Waals surface area contributed by atoms with Gasteiger partial charge in [0, 0.05) is 12.5 Å². The molecule has 6 rings (SSSR count).